The highest BCUT2D eigenvalue weighted by Gasteiger charge is 2.25. The Hall–Kier alpha value is -1.50. The van der Waals surface area contributed by atoms with Gasteiger partial charge in [0.15, 0.2) is 5.78 Å². The highest BCUT2D eigenvalue weighted by molar-refractivity contribution is 8.15. The minimum Gasteiger partial charge on any atom is -0.511 e. The highest BCUT2D eigenvalue weighted by Crippen LogP contribution is 2.27. The van der Waals surface area contributed by atoms with E-state index < -0.39 is 0 Å². The van der Waals surface area contributed by atoms with Crippen LogP contribution in [0.15, 0.2) is 34.5 Å². The lowest BCUT2D eigenvalue weighted by atomic mass is 9.97. The van der Waals surface area contributed by atoms with Crippen LogP contribution in [0, 0.1) is 0 Å². The van der Waals surface area contributed by atoms with Crippen molar-refractivity contribution < 1.29 is 14.7 Å². The number of ketones is 1. The van der Waals surface area contributed by atoms with Gasteiger partial charge < -0.3 is 10.4 Å². The van der Waals surface area contributed by atoms with Crippen LogP contribution in [0.4, 0.5) is 5.69 Å². The summed E-state index contributed by atoms with van der Waals surface area (Å²) in [7, 11) is 1.53. The molecule has 1 aromatic rings. The van der Waals surface area contributed by atoms with E-state index >= 15 is 0 Å². The van der Waals surface area contributed by atoms with Crippen molar-refractivity contribution in [1.82, 2.24) is 0 Å². The SMILES string of the molecule is CN=C(SCC(=O)Nc1ccc(Cl)c(Cl)c1)C1=C(O)CCCC1=O. The van der Waals surface area contributed by atoms with Gasteiger partial charge in [-0.2, -0.15) is 0 Å². The number of aliphatic hydroxyl groups is 1. The smallest absolute Gasteiger partial charge is 0.234 e. The number of aliphatic imine (C=N–C) groups is 1. The number of aliphatic hydroxyl groups excluding tert-OH is 1. The molecule has 0 heterocycles. The van der Waals surface area contributed by atoms with Crippen molar-refractivity contribution in [1.29, 1.82) is 0 Å². The van der Waals surface area contributed by atoms with E-state index in [4.69, 9.17) is 23.2 Å². The van der Waals surface area contributed by atoms with E-state index in [-0.39, 0.29) is 28.8 Å². The first-order valence-electron chi connectivity index (χ1n) is 7.22. The Balaban J connectivity index is 1.99. The van der Waals surface area contributed by atoms with Crippen molar-refractivity contribution in [3.05, 3.63) is 39.6 Å². The number of benzene rings is 1. The second kappa shape index (κ2) is 8.55. The van der Waals surface area contributed by atoms with Crippen LogP contribution in [0.5, 0.6) is 0 Å². The van der Waals surface area contributed by atoms with Crippen LogP contribution in [0.25, 0.3) is 0 Å². The maximum absolute atomic E-state index is 12.0. The summed E-state index contributed by atoms with van der Waals surface area (Å²) in [6.07, 6.45) is 1.47. The van der Waals surface area contributed by atoms with Gasteiger partial charge in [-0.25, -0.2) is 0 Å². The normalized spacial score (nSPS) is 15.6. The lowest BCUT2D eigenvalue weighted by Crippen LogP contribution is -2.20. The average molecular weight is 387 g/mol. The number of anilines is 1. The molecule has 0 saturated heterocycles. The minimum absolute atomic E-state index is 0.0456. The van der Waals surface area contributed by atoms with E-state index in [9.17, 15) is 14.7 Å². The first-order valence-corrected chi connectivity index (χ1v) is 8.96. The summed E-state index contributed by atoms with van der Waals surface area (Å²) in [5.74, 6) is -0.319. The Morgan fingerprint density at radius 1 is 1.33 bits per heavy atom. The Labute approximate surface area is 154 Å². The Morgan fingerprint density at radius 2 is 2.08 bits per heavy atom. The van der Waals surface area contributed by atoms with Gasteiger partial charge in [0.05, 0.1) is 21.4 Å². The number of allylic oxidation sites excluding steroid dienone is 1. The van der Waals surface area contributed by atoms with Gasteiger partial charge in [0.25, 0.3) is 0 Å². The van der Waals surface area contributed by atoms with Gasteiger partial charge in [-0.15, -0.1) is 0 Å². The van der Waals surface area contributed by atoms with Crippen molar-refractivity contribution in [3.8, 4) is 0 Å². The number of halogens is 2. The number of nitrogens with one attached hydrogen (secondary N) is 1. The Kier molecular flexibility index (Phi) is 6.71. The zero-order valence-corrected chi connectivity index (χ0v) is 15.3. The molecule has 0 radical (unpaired) electrons. The molecule has 0 saturated carbocycles. The molecule has 0 aliphatic heterocycles. The molecule has 2 N–H and O–H groups in total. The lowest BCUT2D eigenvalue weighted by molar-refractivity contribution is -0.116. The molecule has 24 heavy (non-hydrogen) atoms. The summed E-state index contributed by atoms with van der Waals surface area (Å²) in [4.78, 5) is 28.1. The molecule has 0 spiro atoms. The summed E-state index contributed by atoms with van der Waals surface area (Å²) in [6, 6.07) is 4.79. The predicted molar refractivity (Wildman–Crippen MR) is 99.4 cm³/mol. The van der Waals surface area contributed by atoms with E-state index in [0.29, 0.717) is 40.0 Å². The van der Waals surface area contributed by atoms with Crippen LogP contribution < -0.4 is 5.32 Å². The fraction of sp³-hybridized carbons (Fsp3) is 0.312. The maximum atomic E-state index is 12.0. The number of amides is 1. The molecule has 0 atom stereocenters. The summed E-state index contributed by atoms with van der Waals surface area (Å²) in [5.41, 5.74) is 0.761. The van der Waals surface area contributed by atoms with Gasteiger partial charge in [0.1, 0.15) is 10.8 Å². The third-order valence-corrected chi connectivity index (χ3v) is 5.15. The number of thioether (sulfide) groups is 1. The van der Waals surface area contributed by atoms with E-state index in [2.05, 4.69) is 10.3 Å². The molecule has 0 bridgehead atoms. The van der Waals surface area contributed by atoms with E-state index in [1.807, 2.05) is 0 Å². The zero-order valence-electron chi connectivity index (χ0n) is 12.9. The summed E-state index contributed by atoms with van der Waals surface area (Å²) in [6.45, 7) is 0. The fourth-order valence-corrected chi connectivity index (χ4v) is 3.37. The van der Waals surface area contributed by atoms with Crippen LogP contribution in [-0.4, -0.2) is 34.6 Å². The molecule has 1 amide bonds. The monoisotopic (exact) mass is 386 g/mol. The molecule has 2 rings (SSSR count). The number of rotatable bonds is 4. The summed E-state index contributed by atoms with van der Waals surface area (Å²) in [5, 5.41) is 13.8. The topological polar surface area (TPSA) is 78.8 Å². The molecule has 0 unspecified atom stereocenters. The average Bonchev–Trinajstić information content (AvgIpc) is 2.53. The van der Waals surface area contributed by atoms with E-state index in [1.54, 1.807) is 18.2 Å². The molecule has 0 aromatic heterocycles. The van der Waals surface area contributed by atoms with Crippen molar-refractivity contribution in [2.75, 3.05) is 18.1 Å². The van der Waals surface area contributed by atoms with Gasteiger partial charge >= 0.3 is 0 Å². The number of Topliss-reactive ketones (excluding diaryl/α,β-unsaturated/α-hetero) is 1. The zero-order chi connectivity index (χ0) is 17.7. The molecule has 128 valence electrons. The quantitative estimate of drug-likeness (QED) is 0.598. The number of nitrogens with zero attached hydrogens (tertiary/aromatic N) is 1. The summed E-state index contributed by atoms with van der Waals surface area (Å²) >= 11 is 12.8. The number of hydrogen-bond donors (Lipinski definition) is 2. The van der Waals surface area contributed by atoms with Gasteiger partial charge in [-0.3, -0.25) is 14.6 Å². The minimum atomic E-state index is -0.275. The third kappa shape index (κ3) is 4.75. The van der Waals surface area contributed by atoms with Crippen molar-refractivity contribution in [2.24, 2.45) is 4.99 Å². The van der Waals surface area contributed by atoms with Gasteiger partial charge in [0, 0.05) is 25.6 Å². The second-order valence-corrected chi connectivity index (χ2v) is 6.87. The number of carbonyl (C=O) groups excluding carboxylic acids is 2. The molecule has 0 fully saturated rings. The standard InChI is InChI=1S/C16H16Cl2N2O3S/c1-19-16(15-12(21)3-2-4-13(15)22)24-8-14(23)20-9-5-6-10(17)11(18)7-9/h5-7,21H,2-4,8H2,1H3,(H,20,23). The van der Waals surface area contributed by atoms with E-state index in [1.165, 1.54) is 7.05 Å². The van der Waals surface area contributed by atoms with Crippen molar-refractivity contribution in [2.45, 2.75) is 19.3 Å². The van der Waals surface area contributed by atoms with Crippen LogP contribution >= 0.6 is 35.0 Å². The Morgan fingerprint density at radius 3 is 2.71 bits per heavy atom. The first-order chi connectivity index (χ1) is 11.4. The van der Waals surface area contributed by atoms with E-state index in [0.717, 1.165) is 11.8 Å². The molecule has 8 heteroatoms. The number of carbonyl (C=O) groups is 2. The molecule has 5 nitrogen and oxygen atoms in total. The molecular weight excluding hydrogens is 371 g/mol. The third-order valence-electron chi connectivity index (χ3n) is 3.35. The Bertz CT molecular complexity index is 732. The predicted octanol–water partition coefficient (Wildman–Crippen LogP) is 4.26. The van der Waals surface area contributed by atoms with Crippen LogP contribution in [-0.2, 0) is 9.59 Å². The summed E-state index contributed by atoms with van der Waals surface area (Å²) < 4.78 is 0. The highest BCUT2D eigenvalue weighted by atomic mass is 35.5. The molecule has 1 aromatic carbocycles. The maximum Gasteiger partial charge on any atom is 0.234 e. The molecular formula is C16H16Cl2N2O3S. The van der Waals surface area contributed by atoms with Crippen LogP contribution in [0.3, 0.4) is 0 Å². The van der Waals surface area contributed by atoms with Gasteiger partial charge in [-0.1, -0.05) is 35.0 Å². The lowest BCUT2D eigenvalue weighted by Gasteiger charge is -2.16. The van der Waals surface area contributed by atoms with Gasteiger partial charge in [0.2, 0.25) is 5.91 Å². The van der Waals surface area contributed by atoms with Crippen LogP contribution in [0.2, 0.25) is 10.0 Å². The van der Waals surface area contributed by atoms with Gasteiger partial charge in [-0.05, 0) is 24.6 Å². The van der Waals surface area contributed by atoms with Crippen molar-refractivity contribution >= 4 is 57.4 Å². The first kappa shape index (κ1) is 18.8. The number of hydrogen-bond acceptors (Lipinski definition) is 5. The largest absolute Gasteiger partial charge is 0.511 e. The van der Waals surface area contributed by atoms with Crippen LogP contribution in [0.1, 0.15) is 19.3 Å². The molecule has 1 aliphatic carbocycles. The van der Waals surface area contributed by atoms with Crippen molar-refractivity contribution in [3.63, 3.8) is 0 Å². The second-order valence-electron chi connectivity index (χ2n) is 5.09. The fourth-order valence-electron chi connectivity index (χ4n) is 2.22. The molecule has 1 aliphatic rings.